The van der Waals surface area contributed by atoms with Crippen molar-refractivity contribution in [3.05, 3.63) is 115 Å². The van der Waals surface area contributed by atoms with Gasteiger partial charge in [-0.2, -0.15) is 0 Å². The molecule has 0 aliphatic carbocycles. The molecule has 2 atom stereocenters. The smallest absolute Gasteiger partial charge is 0.248 e. The summed E-state index contributed by atoms with van der Waals surface area (Å²) in [5, 5.41) is 3.07. The van der Waals surface area contributed by atoms with Crippen molar-refractivity contribution >= 4 is 17.5 Å². The van der Waals surface area contributed by atoms with E-state index in [1.807, 2.05) is 96.7 Å². The molecule has 0 saturated heterocycles. The quantitative estimate of drug-likeness (QED) is 0.449. The van der Waals surface area contributed by atoms with E-state index < -0.39 is 6.04 Å². The number of benzene rings is 2. The molecule has 33 heavy (non-hydrogen) atoms. The minimum absolute atomic E-state index is 0.220. The van der Waals surface area contributed by atoms with E-state index in [1.54, 1.807) is 18.5 Å². The maximum Gasteiger partial charge on any atom is 0.248 e. The van der Waals surface area contributed by atoms with E-state index in [2.05, 4.69) is 10.3 Å². The van der Waals surface area contributed by atoms with Crippen LogP contribution in [0.2, 0.25) is 0 Å². The number of aromatic nitrogens is 2. The largest absolute Gasteiger partial charge is 0.347 e. The zero-order valence-electron chi connectivity index (χ0n) is 18.6. The van der Waals surface area contributed by atoms with Crippen molar-refractivity contribution < 1.29 is 9.59 Å². The van der Waals surface area contributed by atoms with Gasteiger partial charge in [0.2, 0.25) is 11.8 Å². The third-order valence-corrected chi connectivity index (χ3v) is 5.53. The fourth-order valence-corrected chi connectivity index (χ4v) is 3.88. The number of rotatable bonds is 7. The second-order valence-electron chi connectivity index (χ2n) is 7.83. The number of carbonyl (C=O) groups is 2. The lowest BCUT2D eigenvalue weighted by Gasteiger charge is -2.31. The lowest BCUT2D eigenvalue weighted by atomic mass is 10.0. The molecule has 2 amide bonds. The van der Waals surface area contributed by atoms with Crippen LogP contribution in [0.25, 0.3) is 5.69 Å². The van der Waals surface area contributed by atoms with Crippen LogP contribution >= 0.6 is 0 Å². The fourth-order valence-electron chi connectivity index (χ4n) is 3.88. The van der Waals surface area contributed by atoms with E-state index in [4.69, 9.17) is 0 Å². The van der Waals surface area contributed by atoms with Gasteiger partial charge in [0.05, 0.1) is 6.04 Å². The third kappa shape index (κ3) is 5.01. The Hall–Kier alpha value is -4.19. The number of hydrogen-bond donors (Lipinski definition) is 1. The van der Waals surface area contributed by atoms with Gasteiger partial charge in [0.15, 0.2) is 0 Å². The Morgan fingerprint density at radius 1 is 0.879 bits per heavy atom. The molecule has 0 aliphatic heterocycles. The zero-order valence-corrected chi connectivity index (χ0v) is 18.6. The third-order valence-electron chi connectivity index (χ3n) is 5.53. The molecule has 6 heteroatoms. The van der Waals surface area contributed by atoms with Crippen molar-refractivity contribution in [1.82, 2.24) is 14.9 Å². The number of nitrogens with one attached hydrogen (secondary N) is 1. The van der Waals surface area contributed by atoms with E-state index in [1.165, 1.54) is 11.8 Å². The lowest BCUT2D eigenvalue weighted by molar-refractivity contribution is -0.126. The molecule has 166 valence electrons. The van der Waals surface area contributed by atoms with Crippen molar-refractivity contribution in [3.8, 4) is 5.69 Å². The van der Waals surface area contributed by atoms with Crippen molar-refractivity contribution in [3.63, 3.8) is 0 Å². The Morgan fingerprint density at radius 3 is 2.15 bits per heavy atom. The summed E-state index contributed by atoms with van der Waals surface area (Å²) in [6.45, 7) is 3.40. The van der Waals surface area contributed by atoms with Gasteiger partial charge in [-0.25, -0.2) is 0 Å². The average Bonchev–Trinajstić information content (AvgIpc) is 3.38. The summed E-state index contributed by atoms with van der Waals surface area (Å²) >= 11 is 0. The van der Waals surface area contributed by atoms with Gasteiger partial charge in [0.25, 0.3) is 0 Å². The number of nitrogens with zero attached hydrogens (tertiary/aromatic N) is 3. The molecule has 2 aromatic carbocycles. The molecular weight excluding hydrogens is 412 g/mol. The highest BCUT2D eigenvalue weighted by Gasteiger charge is 2.32. The highest BCUT2D eigenvalue weighted by atomic mass is 16.2. The molecule has 0 spiro atoms. The predicted molar refractivity (Wildman–Crippen MR) is 129 cm³/mol. The molecule has 0 saturated carbocycles. The normalized spacial score (nSPS) is 12.5. The Kier molecular flexibility index (Phi) is 6.64. The molecule has 6 nitrogen and oxygen atoms in total. The maximum atomic E-state index is 13.6. The van der Waals surface area contributed by atoms with Crippen LogP contribution in [0.15, 0.2) is 104 Å². The number of carbonyl (C=O) groups excluding carboxylic acids is 2. The van der Waals surface area contributed by atoms with Gasteiger partial charge in [-0.05, 0) is 55.0 Å². The van der Waals surface area contributed by atoms with Gasteiger partial charge < -0.3 is 9.88 Å². The van der Waals surface area contributed by atoms with Crippen LogP contribution in [-0.4, -0.2) is 21.4 Å². The SMILES string of the molecule is CC(=O)N(c1ccc(-n2cccc2)cc1)[C@@H](C(=O)N[C@@H](C)c1ccccc1)c1cccnc1. The van der Waals surface area contributed by atoms with Crippen LogP contribution in [-0.2, 0) is 9.59 Å². The van der Waals surface area contributed by atoms with Crippen LogP contribution in [0.1, 0.15) is 37.1 Å². The van der Waals surface area contributed by atoms with E-state index in [0.717, 1.165) is 11.3 Å². The monoisotopic (exact) mass is 438 g/mol. The first-order valence-electron chi connectivity index (χ1n) is 10.8. The number of anilines is 1. The number of pyridine rings is 1. The maximum absolute atomic E-state index is 13.6. The molecule has 2 heterocycles. The Morgan fingerprint density at radius 2 is 1.55 bits per heavy atom. The van der Waals surface area contributed by atoms with Crippen LogP contribution in [0, 0.1) is 0 Å². The summed E-state index contributed by atoms with van der Waals surface area (Å²) in [5.41, 5.74) is 3.23. The summed E-state index contributed by atoms with van der Waals surface area (Å²) in [4.78, 5) is 32.1. The van der Waals surface area contributed by atoms with Crippen LogP contribution in [0.4, 0.5) is 5.69 Å². The van der Waals surface area contributed by atoms with Gasteiger partial charge >= 0.3 is 0 Å². The molecule has 2 aromatic heterocycles. The van der Waals surface area contributed by atoms with E-state index >= 15 is 0 Å². The second kappa shape index (κ2) is 9.96. The molecule has 1 N–H and O–H groups in total. The molecule has 0 bridgehead atoms. The molecule has 0 radical (unpaired) electrons. The first kappa shape index (κ1) is 22.0. The van der Waals surface area contributed by atoms with Gasteiger partial charge in [-0.3, -0.25) is 19.5 Å². The Labute approximate surface area is 193 Å². The predicted octanol–water partition coefficient (Wildman–Crippen LogP) is 4.84. The first-order valence-corrected chi connectivity index (χ1v) is 10.8. The van der Waals surface area contributed by atoms with Gasteiger partial charge in [0, 0.05) is 48.6 Å². The first-order chi connectivity index (χ1) is 16.0. The van der Waals surface area contributed by atoms with Crippen molar-refractivity contribution in [1.29, 1.82) is 0 Å². The lowest BCUT2D eigenvalue weighted by Crippen LogP contribution is -2.43. The summed E-state index contributed by atoms with van der Waals surface area (Å²) < 4.78 is 1.98. The topological polar surface area (TPSA) is 67.2 Å². The molecule has 0 aliphatic rings. The van der Waals surface area contributed by atoms with Crippen molar-refractivity contribution in [2.24, 2.45) is 0 Å². The van der Waals surface area contributed by atoms with Crippen LogP contribution in [0.3, 0.4) is 0 Å². The van der Waals surface area contributed by atoms with E-state index in [9.17, 15) is 9.59 Å². The summed E-state index contributed by atoms with van der Waals surface area (Å²) in [7, 11) is 0. The zero-order chi connectivity index (χ0) is 23.2. The highest BCUT2D eigenvalue weighted by molar-refractivity contribution is 6.00. The molecule has 0 fully saturated rings. The minimum Gasteiger partial charge on any atom is -0.347 e. The minimum atomic E-state index is -0.861. The molecular formula is C27H26N4O2. The fraction of sp³-hybridized carbons (Fsp3) is 0.148. The molecule has 4 rings (SSSR count). The van der Waals surface area contributed by atoms with Crippen molar-refractivity contribution in [2.45, 2.75) is 25.9 Å². The van der Waals surface area contributed by atoms with E-state index in [-0.39, 0.29) is 17.9 Å². The second-order valence-corrected chi connectivity index (χ2v) is 7.83. The Balaban J connectivity index is 1.68. The van der Waals surface area contributed by atoms with Crippen molar-refractivity contribution in [2.75, 3.05) is 4.90 Å². The summed E-state index contributed by atoms with van der Waals surface area (Å²) in [6.07, 6.45) is 7.18. The highest BCUT2D eigenvalue weighted by Crippen LogP contribution is 2.29. The van der Waals surface area contributed by atoms with Crippen LogP contribution < -0.4 is 10.2 Å². The average molecular weight is 439 g/mol. The van der Waals surface area contributed by atoms with Gasteiger partial charge in [-0.1, -0.05) is 36.4 Å². The Bertz CT molecular complexity index is 1190. The van der Waals surface area contributed by atoms with Gasteiger partial charge in [0.1, 0.15) is 6.04 Å². The van der Waals surface area contributed by atoms with E-state index in [0.29, 0.717) is 11.3 Å². The van der Waals surface area contributed by atoms with Gasteiger partial charge in [-0.15, -0.1) is 0 Å². The van der Waals surface area contributed by atoms with Crippen LogP contribution in [0.5, 0.6) is 0 Å². The molecule has 4 aromatic rings. The molecule has 0 unspecified atom stereocenters. The number of amides is 2. The standard InChI is InChI=1S/C27H26N4O2/c1-20(22-9-4-3-5-10-22)29-27(33)26(23-11-8-16-28-19-23)31(21(2)32)25-14-12-24(13-15-25)30-17-6-7-18-30/h3-20,26H,1-2H3,(H,29,33)/t20-,26+/m0/s1. The number of hydrogen-bond acceptors (Lipinski definition) is 3. The summed E-state index contributed by atoms with van der Waals surface area (Å²) in [6, 6.07) is 23.7. The summed E-state index contributed by atoms with van der Waals surface area (Å²) in [5.74, 6) is -0.510.